The highest BCUT2D eigenvalue weighted by Crippen LogP contribution is 1.95. The Hall–Kier alpha value is -0.660. The summed E-state index contributed by atoms with van der Waals surface area (Å²) in [4.78, 5) is 3.85. The molecule has 0 amide bonds. The third-order valence-corrected chi connectivity index (χ3v) is 1.22. The van der Waals surface area contributed by atoms with Crippen molar-refractivity contribution in [2.45, 2.75) is 39.5 Å². The maximum atomic E-state index is 6.98. The van der Waals surface area contributed by atoms with Crippen LogP contribution in [0.15, 0.2) is 4.99 Å². The highest BCUT2D eigenvalue weighted by molar-refractivity contribution is 5.84. The second-order valence-electron chi connectivity index (χ2n) is 2.39. The Bertz CT molecular complexity index is 116. The molecule has 0 aliphatic heterocycles. The zero-order valence-electron chi connectivity index (χ0n) is 6.85. The van der Waals surface area contributed by atoms with Crippen molar-refractivity contribution < 1.29 is 0 Å². The third-order valence-electron chi connectivity index (χ3n) is 1.22. The first-order valence-corrected chi connectivity index (χ1v) is 3.85. The summed E-state index contributed by atoms with van der Waals surface area (Å²) in [5.41, 5.74) is 0. The average molecular weight is 140 g/mol. The number of amidine groups is 1. The van der Waals surface area contributed by atoms with E-state index < -0.39 is 0 Å². The number of unbranched alkanes of at least 4 members (excludes halogenated alkanes) is 3. The van der Waals surface area contributed by atoms with Gasteiger partial charge in [0.15, 0.2) is 0 Å². The molecule has 0 spiro atoms. The largest absolute Gasteiger partial charge is 0.287 e. The van der Waals surface area contributed by atoms with E-state index in [1.807, 2.05) is 6.21 Å². The number of nitrogens with one attached hydrogen (secondary N) is 1. The molecule has 0 aliphatic rings. The molecule has 0 heterocycles. The standard InChI is InChI=1S/C8H16N2/c1-3-4-5-6-7-10-8(2)9/h7,9H,3-6H2,1-2H3/b9-8?,10-7-. The highest BCUT2D eigenvalue weighted by Gasteiger charge is 1.82. The molecule has 0 saturated heterocycles. The number of nitrogens with zero attached hydrogens (tertiary/aromatic N) is 1. The van der Waals surface area contributed by atoms with Crippen LogP contribution in [0.1, 0.15) is 39.5 Å². The van der Waals surface area contributed by atoms with Gasteiger partial charge in [-0.15, -0.1) is 0 Å². The molecule has 0 bridgehead atoms. The molecule has 0 aromatic rings. The lowest BCUT2D eigenvalue weighted by molar-refractivity contribution is 0.746. The van der Waals surface area contributed by atoms with Gasteiger partial charge in [0.25, 0.3) is 0 Å². The van der Waals surface area contributed by atoms with Gasteiger partial charge in [0.1, 0.15) is 5.84 Å². The first kappa shape index (κ1) is 9.34. The van der Waals surface area contributed by atoms with Crippen LogP contribution in [0.3, 0.4) is 0 Å². The maximum absolute atomic E-state index is 6.98. The Morgan fingerprint density at radius 3 is 2.70 bits per heavy atom. The molecule has 2 heteroatoms. The lowest BCUT2D eigenvalue weighted by Gasteiger charge is -1.90. The molecule has 0 saturated carbocycles. The molecule has 0 aromatic carbocycles. The van der Waals surface area contributed by atoms with Crippen LogP contribution >= 0.6 is 0 Å². The van der Waals surface area contributed by atoms with E-state index in [1.54, 1.807) is 6.92 Å². The second kappa shape index (κ2) is 6.46. The van der Waals surface area contributed by atoms with E-state index in [1.165, 1.54) is 19.3 Å². The molecule has 0 aliphatic carbocycles. The fraction of sp³-hybridized carbons (Fsp3) is 0.750. The molecule has 0 rings (SSSR count). The summed E-state index contributed by atoms with van der Waals surface area (Å²) in [5, 5.41) is 6.98. The molecule has 0 radical (unpaired) electrons. The minimum Gasteiger partial charge on any atom is -0.287 e. The van der Waals surface area contributed by atoms with Crippen molar-refractivity contribution in [2.75, 3.05) is 0 Å². The topological polar surface area (TPSA) is 36.2 Å². The molecular formula is C8H16N2. The van der Waals surface area contributed by atoms with Gasteiger partial charge in [0.2, 0.25) is 0 Å². The summed E-state index contributed by atoms with van der Waals surface area (Å²) < 4.78 is 0. The monoisotopic (exact) mass is 140 g/mol. The van der Waals surface area contributed by atoms with E-state index in [4.69, 9.17) is 5.41 Å². The smallest absolute Gasteiger partial charge is 0.116 e. The summed E-state index contributed by atoms with van der Waals surface area (Å²) >= 11 is 0. The average Bonchev–Trinajstić information content (AvgIpc) is 1.87. The lowest BCUT2D eigenvalue weighted by atomic mass is 10.2. The molecule has 58 valence electrons. The minimum atomic E-state index is 0.400. The van der Waals surface area contributed by atoms with Crippen molar-refractivity contribution in [3.63, 3.8) is 0 Å². The molecule has 10 heavy (non-hydrogen) atoms. The van der Waals surface area contributed by atoms with E-state index in [0.29, 0.717) is 5.84 Å². The van der Waals surface area contributed by atoms with Gasteiger partial charge in [-0.2, -0.15) is 0 Å². The van der Waals surface area contributed by atoms with Crippen molar-refractivity contribution in [1.82, 2.24) is 0 Å². The lowest BCUT2D eigenvalue weighted by Crippen LogP contribution is -1.83. The number of hydrogen-bond acceptors (Lipinski definition) is 1. The van der Waals surface area contributed by atoms with Gasteiger partial charge in [-0.05, 0) is 19.8 Å². The van der Waals surface area contributed by atoms with Gasteiger partial charge in [-0.1, -0.05) is 19.8 Å². The predicted molar refractivity (Wildman–Crippen MR) is 46.0 cm³/mol. The molecule has 0 atom stereocenters. The fourth-order valence-electron chi connectivity index (χ4n) is 0.687. The quantitative estimate of drug-likeness (QED) is 0.354. The molecule has 1 N–H and O–H groups in total. The second-order valence-corrected chi connectivity index (χ2v) is 2.39. The van der Waals surface area contributed by atoms with E-state index in [0.717, 1.165) is 6.42 Å². The number of hydrogen-bond donors (Lipinski definition) is 1. The van der Waals surface area contributed by atoms with Crippen molar-refractivity contribution in [3.8, 4) is 0 Å². The van der Waals surface area contributed by atoms with Crippen LogP contribution in [0.25, 0.3) is 0 Å². The number of aliphatic imine (C=N–C) groups is 1. The summed E-state index contributed by atoms with van der Waals surface area (Å²) in [6.07, 6.45) is 6.57. The van der Waals surface area contributed by atoms with Crippen LogP contribution in [0.5, 0.6) is 0 Å². The van der Waals surface area contributed by atoms with Crippen LogP contribution in [0, 0.1) is 5.41 Å². The maximum Gasteiger partial charge on any atom is 0.116 e. The predicted octanol–water partition coefficient (Wildman–Crippen LogP) is 2.63. The molecule has 0 aromatic heterocycles. The van der Waals surface area contributed by atoms with Crippen molar-refractivity contribution in [3.05, 3.63) is 0 Å². The van der Waals surface area contributed by atoms with Gasteiger partial charge in [0.05, 0.1) is 0 Å². The Balaban J connectivity index is 3.10. The van der Waals surface area contributed by atoms with Crippen LogP contribution in [0.4, 0.5) is 0 Å². The van der Waals surface area contributed by atoms with Crippen LogP contribution in [0.2, 0.25) is 0 Å². The third kappa shape index (κ3) is 7.34. The molecule has 0 fully saturated rings. The van der Waals surface area contributed by atoms with Gasteiger partial charge in [0, 0.05) is 6.21 Å². The summed E-state index contributed by atoms with van der Waals surface area (Å²) in [6.45, 7) is 3.87. The van der Waals surface area contributed by atoms with E-state index in [-0.39, 0.29) is 0 Å². The first-order chi connectivity index (χ1) is 4.77. The van der Waals surface area contributed by atoms with Crippen molar-refractivity contribution in [1.29, 1.82) is 5.41 Å². The molecule has 2 nitrogen and oxygen atoms in total. The van der Waals surface area contributed by atoms with Gasteiger partial charge in [-0.25, -0.2) is 4.99 Å². The normalized spacial score (nSPS) is 10.6. The van der Waals surface area contributed by atoms with Crippen LogP contribution in [-0.4, -0.2) is 12.1 Å². The van der Waals surface area contributed by atoms with Crippen LogP contribution in [-0.2, 0) is 0 Å². The Morgan fingerprint density at radius 2 is 2.20 bits per heavy atom. The SMILES string of the molecule is CCCCC/C=N\C(C)=N. The van der Waals surface area contributed by atoms with Gasteiger partial charge < -0.3 is 0 Å². The Kier molecular flexibility index (Phi) is 6.03. The molecular weight excluding hydrogens is 124 g/mol. The van der Waals surface area contributed by atoms with E-state index >= 15 is 0 Å². The molecule has 0 unspecified atom stereocenters. The fourth-order valence-corrected chi connectivity index (χ4v) is 0.687. The summed E-state index contributed by atoms with van der Waals surface area (Å²) in [7, 11) is 0. The van der Waals surface area contributed by atoms with E-state index in [2.05, 4.69) is 11.9 Å². The van der Waals surface area contributed by atoms with Crippen LogP contribution < -0.4 is 0 Å². The zero-order chi connectivity index (χ0) is 7.82. The highest BCUT2D eigenvalue weighted by atomic mass is 14.8. The summed E-state index contributed by atoms with van der Waals surface area (Å²) in [6, 6.07) is 0. The van der Waals surface area contributed by atoms with Gasteiger partial charge in [-0.3, -0.25) is 5.41 Å². The minimum absolute atomic E-state index is 0.400. The Morgan fingerprint density at radius 1 is 1.50 bits per heavy atom. The van der Waals surface area contributed by atoms with Crippen molar-refractivity contribution >= 4 is 12.1 Å². The Labute approximate surface area is 62.9 Å². The zero-order valence-corrected chi connectivity index (χ0v) is 6.85. The van der Waals surface area contributed by atoms with E-state index in [9.17, 15) is 0 Å². The van der Waals surface area contributed by atoms with Gasteiger partial charge >= 0.3 is 0 Å². The first-order valence-electron chi connectivity index (χ1n) is 3.85. The van der Waals surface area contributed by atoms with Crippen molar-refractivity contribution in [2.24, 2.45) is 4.99 Å². The number of rotatable bonds is 4. The summed E-state index contributed by atoms with van der Waals surface area (Å²) in [5.74, 6) is 0.400.